The molecule has 0 aromatic rings. The molecule has 0 aromatic heterocycles. The van der Waals surface area contributed by atoms with Crippen molar-refractivity contribution in [1.29, 1.82) is 0 Å². The minimum atomic E-state index is -0.137. The minimum Gasteiger partial charge on any atom is -0.465 e. The van der Waals surface area contributed by atoms with E-state index in [-0.39, 0.29) is 24.5 Å². The van der Waals surface area contributed by atoms with Crippen LogP contribution in [0.4, 0.5) is 0 Å². The molecule has 0 unspecified atom stereocenters. The monoisotopic (exact) mass is 606 g/mol. The molecule has 250 valence electrons. The van der Waals surface area contributed by atoms with E-state index < -0.39 is 0 Å². The number of hydrogen-bond donors (Lipinski definition) is 1. The summed E-state index contributed by atoms with van der Waals surface area (Å²) in [6.07, 6.45) is 29.8. The Hall–Kier alpha value is -1.66. The minimum absolute atomic E-state index is 0.0311. The molecule has 0 aromatic carbocycles. The first kappa shape index (κ1) is 39.4. The predicted molar refractivity (Wildman–Crippen MR) is 179 cm³/mol. The molecule has 0 bridgehead atoms. The first-order chi connectivity index (χ1) is 21.1. The van der Waals surface area contributed by atoms with Crippen molar-refractivity contribution >= 4 is 11.9 Å². The third-order valence-electron chi connectivity index (χ3n) is 8.82. The summed E-state index contributed by atoms with van der Waals surface area (Å²) >= 11 is 0. The Labute approximate surface area is 265 Å². The topological polar surface area (TPSA) is 76.1 Å². The second kappa shape index (κ2) is 29.1. The van der Waals surface area contributed by atoms with Crippen LogP contribution in [0.25, 0.3) is 0 Å². The Morgan fingerprint density at radius 1 is 0.674 bits per heavy atom. The van der Waals surface area contributed by atoms with Gasteiger partial charge in [-0.1, -0.05) is 89.2 Å². The van der Waals surface area contributed by atoms with Gasteiger partial charge in [0.15, 0.2) is 0 Å². The summed E-state index contributed by atoms with van der Waals surface area (Å²) in [5.74, 6) is -0.242. The average Bonchev–Trinajstić information content (AvgIpc) is 3.02. The van der Waals surface area contributed by atoms with Crippen LogP contribution in [0.1, 0.15) is 154 Å². The van der Waals surface area contributed by atoms with Gasteiger partial charge in [-0.3, -0.25) is 14.5 Å². The van der Waals surface area contributed by atoms with Gasteiger partial charge in [-0.15, -0.1) is 13.2 Å². The Bertz CT molecular complexity index is 650. The van der Waals surface area contributed by atoms with Crippen LogP contribution in [0.15, 0.2) is 25.3 Å². The van der Waals surface area contributed by atoms with Gasteiger partial charge in [-0.2, -0.15) is 0 Å². The van der Waals surface area contributed by atoms with Crippen LogP contribution in [-0.4, -0.2) is 60.9 Å². The summed E-state index contributed by atoms with van der Waals surface area (Å²) in [7, 11) is 0. The molecule has 1 N–H and O–H groups in total. The Kier molecular flexibility index (Phi) is 26.6. The molecule has 0 radical (unpaired) electrons. The van der Waals surface area contributed by atoms with Crippen LogP contribution in [0.5, 0.6) is 0 Å². The van der Waals surface area contributed by atoms with Crippen molar-refractivity contribution in [2.75, 3.05) is 32.9 Å². The molecule has 0 atom stereocenters. The highest BCUT2D eigenvalue weighted by Crippen LogP contribution is 2.23. The van der Waals surface area contributed by atoms with E-state index in [9.17, 15) is 14.7 Å². The van der Waals surface area contributed by atoms with E-state index in [1.54, 1.807) is 0 Å². The van der Waals surface area contributed by atoms with Gasteiger partial charge in [0.05, 0.1) is 19.8 Å². The SMILES string of the molecule is C=CCCCCCCCCC(=O)OCC(CCCCN(CCO)C1CCCCC1)COC(=O)CCCCCCCCC=C. The maximum atomic E-state index is 12.4. The van der Waals surface area contributed by atoms with Gasteiger partial charge in [0, 0.05) is 31.3 Å². The molecular weight excluding hydrogens is 538 g/mol. The van der Waals surface area contributed by atoms with Crippen LogP contribution in [0.3, 0.4) is 0 Å². The van der Waals surface area contributed by atoms with E-state index in [1.807, 2.05) is 12.2 Å². The molecule has 1 rings (SSSR count). The zero-order valence-electron chi connectivity index (χ0n) is 27.8. The quantitative estimate of drug-likeness (QED) is 0.0500. The molecule has 6 heteroatoms. The Morgan fingerprint density at radius 3 is 1.65 bits per heavy atom. The van der Waals surface area contributed by atoms with Crippen molar-refractivity contribution in [3.8, 4) is 0 Å². The average molecular weight is 606 g/mol. The third kappa shape index (κ3) is 23.4. The molecule has 0 heterocycles. The normalized spacial score (nSPS) is 13.8. The number of allylic oxidation sites excluding steroid dienone is 2. The smallest absolute Gasteiger partial charge is 0.305 e. The number of rotatable bonds is 30. The van der Waals surface area contributed by atoms with E-state index in [1.165, 1.54) is 70.6 Å². The summed E-state index contributed by atoms with van der Waals surface area (Å²) in [4.78, 5) is 27.3. The second-order valence-corrected chi connectivity index (χ2v) is 12.7. The highest BCUT2D eigenvalue weighted by molar-refractivity contribution is 5.69. The molecule has 1 saturated carbocycles. The number of hydrogen-bond acceptors (Lipinski definition) is 6. The number of aliphatic hydroxyl groups excluding tert-OH is 1. The van der Waals surface area contributed by atoms with Crippen molar-refractivity contribution in [3.05, 3.63) is 25.3 Å². The molecule has 1 fully saturated rings. The van der Waals surface area contributed by atoms with Crippen LogP contribution in [0.2, 0.25) is 0 Å². The van der Waals surface area contributed by atoms with Gasteiger partial charge in [-0.25, -0.2) is 0 Å². The van der Waals surface area contributed by atoms with Gasteiger partial charge in [-0.05, 0) is 70.8 Å². The standard InChI is InChI=1S/C37H67NO5/c1-3-5-7-9-11-13-15-20-27-36(40)42-32-34(33-43-37(41)28-21-16-14-12-10-8-6-4-2)24-22-23-29-38(30-31-39)35-25-18-17-19-26-35/h3-4,34-35,39H,1-2,5-33H2. The Balaban J connectivity index is 2.38. The van der Waals surface area contributed by atoms with E-state index in [2.05, 4.69) is 18.1 Å². The second-order valence-electron chi connectivity index (χ2n) is 12.7. The summed E-state index contributed by atoms with van der Waals surface area (Å²) in [5.41, 5.74) is 0. The number of nitrogens with zero attached hydrogens (tertiary/aromatic N) is 1. The molecule has 0 spiro atoms. The number of esters is 2. The maximum Gasteiger partial charge on any atom is 0.305 e. The highest BCUT2D eigenvalue weighted by Gasteiger charge is 2.21. The van der Waals surface area contributed by atoms with E-state index >= 15 is 0 Å². The number of carbonyl (C=O) groups is 2. The molecule has 0 saturated heterocycles. The van der Waals surface area contributed by atoms with Crippen molar-refractivity contribution in [1.82, 2.24) is 4.90 Å². The Morgan fingerprint density at radius 2 is 1.16 bits per heavy atom. The number of unbranched alkanes of at least 4 members (excludes halogenated alkanes) is 13. The van der Waals surface area contributed by atoms with Gasteiger partial charge in [0.1, 0.15) is 0 Å². The van der Waals surface area contributed by atoms with Crippen LogP contribution < -0.4 is 0 Å². The lowest BCUT2D eigenvalue weighted by molar-refractivity contribution is -0.149. The lowest BCUT2D eigenvalue weighted by Gasteiger charge is -2.34. The lowest BCUT2D eigenvalue weighted by Crippen LogP contribution is -2.39. The van der Waals surface area contributed by atoms with Gasteiger partial charge in [0.2, 0.25) is 0 Å². The van der Waals surface area contributed by atoms with E-state index in [0.717, 1.165) is 83.7 Å². The molecule has 43 heavy (non-hydrogen) atoms. The molecular formula is C37H67NO5. The van der Waals surface area contributed by atoms with E-state index in [4.69, 9.17) is 9.47 Å². The zero-order chi connectivity index (χ0) is 31.2. The third-order valence-corrected chi connectivity index (χ3v) is 8.82. The summed E-state index contributed by atoms with van der Waals surface area (Å²) < 4.78 is 11.3. The van der Waals surface area contributed by atoms with Crippen LogP contribution in [-0.2, 0) is 19.1 Å². The highest BCUT2D eigenvalue weighted by atomic mass is 16.5. The first-order valence-electron chi connectivity index (χ1n) is 18.0. The fraction of sp³-hybridized carbons (Fsp3) is 0.838. The van der Waals surface area contributed by atoms with Gasteiger partial charge < -0.3 is 14.6 Å². The van der Waals surface area contributed by atoms with Gasteiger partial charge in [0.25, 0.3) is 0 Å². The molecule has 0 aliphatic heterocycles. The number of carbonyl (C=O) groups excluding carboxylic acids is 2. The molecule has 1 aliphatic carbocycles. The number of ether oxygens (including phenoxy) is 2. The van der Waals surface area contributed by atoms with Crippen molar-refractivity contribution in [3.63, 3.8) is 0 Å². The van der Waals surface area contributed by atoms with Crippen molar-refractivity contribution < 1.29 is 24.2 Å². The predicted octanol–water partition coefficient (Wildman–Crippen LogP) is 9.10. The fourth-order valence-electron chi connectivity index (χ4n) is 6.11. The molecule has 0 amide bonds. The van der Waals surface area contributed by atoms with Gasteiger partial charge >= 0.3 is 11.9 Å². The summed E-state index contributed by atoms with van der Waals surface area (Å²) in [5, 5.41) is 9.58. The van der Waals surface area contributed by atoms with Crippen LogP contribution in [0, 0.1) is 5.92 Å². The van der Waals surface area contributed by atoms with Crippen molar-refractivity contribution in [2.24, 2.45) is 5.92 Å². The van der Waals surface area contributed by atoms with Crippen LogP contribution >= 0.6 is 0 Å². The maximum absolute atomic E-state index is 12.4. The van der Waals surface area contributed by atoms with E-state index in [0.29, 0.717) is 32.1 Å². The molecule has 6 nitrogen and oxygen atoms in total. The fourth-order valence-corrected chi connectivity index (χ4v) is 6.11. The molecule has 1 aliphatic rings. The lowest BCUT2D eigenvalue weighted by atomic mass is 9.94. The van der Waals surface area contributed by atoms with Crippen molar-refractivity contribution in [2.45, 2.75) is 160 Å². The first-order valence-corrected chi connectivity index (χ1v) is 18.0. The summed E-state index contributed by atoms with van der Waals surface area (Å²) in [6.45, 7) is 10.1. The zero-order valence-corrected chi connectivity index (χ0v) is 27.8. The largest absolute Gasteiger partial charge is 0.465 e. The number of aliphatic hydroxyl groups is 1. The summed E-state index contributed by atoms with van der Waals surface area (Å²) in [6, 6.07) is 0.595.